The van der Waals surface area contributed by atoms with Crippen molar-refractivity contribution in [1.29, 1.82) is 0 Å². The van der Waals surface area contributed by atoms with Gasteiger partial charge in [-0.15, -0.1) is 0 Å². The van der Waals surface area contributed by atoms with E-state index in [9.17, 15) is 0 Å². The average molecular weight is 286 g/mol. The van der Waals surface area contributed by atoms with Crippen molar-refractivity contribution in [2.75, 3.05) is 26.2 Å². The summed E-state index contributed by atoms with van der Waals surface area (Å²) in [5.74, 6) is 0.853. The van der Waals surface area contributed by atoms with Crippen LogP contribution in [0.3, 0.4) is 0 Å². The lowest BCUT2D eigenvalue weighted by molar-refractivity contribution is 0.0905. The molecule has 21 heavy (non-hydrogen) atoms. The van der Waals surface area contributed by atoms with Gasteiger partial charge < -0.3 is 10.6 Å². The molecule has 2 atom stereocenters. The topological polar surface area (TPSA) is 29.3 Å². The predicted molar refractivity (Wildman–Crippen MR) is 89.4 cm³/mol. The Labute approximate surface area is 129 Å². The summed E-state index contributed by atoms with van der Waals surface area (Å²) in [6, 6.07) is 8.97. The van der Waals surface area contributed by atoms with Gasteiger partial charge in [-0.2, -0.15) is 0 Å². The third-order valence-electron chi connectivity index (χ3n) is 5.69. The highest BCUT2D eigenvalue weighted by atomic mass is 15.1. The van der Waals surface area contributed by atoms with Crippen LogP contribution in [0.15, 0.2) is 24.3 Å². The van der Waals surface area contributed by atoms with Crippen molar-refractivity contribution >= 4 is 0 Å². The SMILES string of the molecule is CC1CCCC(CN)(CN2CCc3ccccc3CC2)C1. The first-order chi connectivity index (χ1) is 10.2. The second-order valence-electron chi connectivity index (χ2n) is 7.45. The lowest BCUT2D eigenvalue weighted by Crippen LogP contribution is -2.46. The van der Waals surface area contributed by atoms with Crippen LogP contribution < -0.4 is 5.73 Å². The number of hydrogen-bond acceptors (Lipinski definition) is 2. The van der Waals surface area contributed by atoms with Crippen molar-refractivity contribution < 1.29 is 0 Å². The molecule has 116 valence electrons. The Morgan fingerprint density at radius 3 is 2.43 bits per heavy atom. The van der Waals surface area contributed by atoms with E-state index in [0.29, 0.717) is 5.41 Å². The molecule has 0 spiro atoms. The Balaban J connectivity index is 1.65. The van der Waals surface area contributed by atoms with E-state index in [0.717, 1.165) is 12.5 Å². The molecule has 1 saturated carbocycles. The molecule has 0 saturated heterocycles. The highest BCUT2D eigenvalue weighted by Gasteiger charge is 2.35. The van der Waals surface area contributed by atoms with E-state index in [1.54, 1.807) is 11.1 Å². The summed E-state index contributed by atoms with van der Waals surface area (Å²) >= 11 is 0. The molecule has 1 heterocycles. The van der Waals surface area contributed by atoms with Gasteiger partial charge in [-0.05, 0) is 54.7 Å². The Hall–Kier alpha value is -0.860. The highest BCUT2D eigenvalue weighted by molar-refractivity contribution is 5.28. The van der Waals surface area contributed by atoms with Crippen LogP contribution in [0, 0.1) is 11.3 Å². The molecule has 2 nitrogen and oxygen atoms in total. The van der Waals surface area contributed by atoms with Gasteiger partial charge in [-0.25, -0.2) is 0 Å². The van der Waals surface area contributed by atoms with Gasteiger partial charge in [0.25, 0.3) is 0 Å². The number of nitrogens with zero attached hydrogens (tertiary/aromatic N) is 1. The van der Waals surface area contributed by atoms with Gasteiger partial charge in [-0.1, -0.05) is 44.0 Å². The van der Waals surface area contributed by atoms with Gasteiger partial charge in [0.2, 0.25) is 0 Å². The minimum absolute atomic E-state index is 0.383. The molecule has 0 bridgehead atoms. The van der Waals surface area contributed by atoms with Crippen LogP contribution in [0.4, 0.5) is 0 Å². The van der Waals surface area contributed by atoms with E-state index in [1.807, 2.05) is 0 Å². The van der Waals surface area contributed by atoms with Crippen LogP contribution in [-0.2, 0) is 12.8 Å². The normalized spacial score (nSPS) is 30.7. The second kappa shape index (κ2) is 6.50. The largest absolute Gasteiger partial charge is 0.330 e. The third kappa shape index (κ3) is 3.49. The molecule has 1 aromatic rings. The summed E-state index contributed by atoms with van der Waals surface area (Å²) < 4.78 is 0. The van der Waals surface area contributed by atoms with Crippen molar-refractivity contribution in [3.8, 4) is 0 Å². The maximum atomic E-state index is 6.21. The lowest BCUT2D eigenvalue weighted by atomic mass is 9.69. The van der Waals surface area contributed by atoms with E-state index in [-0.39, 0.29) is 0 Å². The van der Waals surface area contributed by atoms with Gasteiger partial charge in [0.1, 0.15) is 0 Å². The van der Waals surface area contributed by atoms with E-state index in [2.05, 4.69) is 36.1 Å². The molecule has 1 aromatic carbocycles. The fourth-order valence-corrected chi connectivity index (χ4v) is 4.51. The van der Waals surface area contributed by atoms with Gasteiger partial charge in [0, 0.05) is 19.6 Å². The summed E-state index contributed by atoms with van der Waals surface area (Å²) in [5.41, 5.74) is 9.71. The minimum Gasteiger partial charge on any atom is -0.330 e. The van der Waals surface area contributed by atoms with Crippen molar-refractivity contribution in [2.24, 2.45) is 17.1 Å². The summed E-state index contributed by atoms with van der Waals surface area (Å²) in [6.45, 7) is 6.88. The van der Waals surface area contributed by atoms with Crippen molar-refractivity contribution in [1.82, 2.24) is 4.90 Å². The summed E-state index contributed by atoms with van der Waals surface area (Å²) in [6.07, 6.45) is 7.82. The van der Waals surface area contributed by atoms with Crippen LogP contribution in [0.25, 0.3) is 0 Å². The molecule has 0 amide bonds. The Bertz CT molecular complexity index is 443. The molecule has 2 N–H and O–H groups in total. The third-order valence-corrected chi connectivity index (χ3v) is 5.69. The first kappa shape index (κ1) is 15.1. The molecule has 1 aliphatic heterocycles. The highest BCUT2D eigenvalue weighted by Crippen LogP contribution is 2.39. The molecule has 1 aliphatic carbocycles. The quantitative estimate of drug-likeness (QED) is 0.924. The van der Waals surface area contributed by atoms with Gasteiger partial charge >= 0.3 is 0 Å². The number of nitrogens with two attached hydrogens (primary N) is 1. The molecule has 0 radical (unpaired) electrons. The fourth-order valence-electron chi connectivity index (χ4n) is 4.51. The maximum Gasteiger partial charge on any atom is 0.00504 e. The van der Waals surface area contributed by atoms with Crippen LogP contribution in [0.5, 0.6) is 0 Å². The van der Waals surface area contributed by atoms with Gasteiger partial charge in [0.05, 0.1) is 0 Å². The minimum atomic E-state index is 0.383. The zero-order chi connectivity index (χ0) is 14.7. The monoisotopic (exact) mass is 286 g/mol. The van der Waals surface area contributed by atoms with Crippen molar-refractivity contribution in [3.63, 3.8) is 0 Å². The Kier molecular flexibility index (Phi) is 4.66. The van der Waals surface area contributed by atoms with E-state index in [4.69, 9.17) is 5.73 Å². The first-order valence-electron chi connectivity index (χ1n) is 8.70. The van der Waals surface area contributed by atoms with Gasteiger partial charge in [-0.3, -0.25) is 0 Å². The lowest BCUT2D eigenvalue weighted by Gasteiger charge is -2.42. The van der Waals surface area contributed by atoms with E-state index in [1.165, 1.54) is 58.2 Å². The Morgan fingerprint density at radius 2 is 1.86 bits per heavy atom. The first-order valence-corrected chi connectivity index (χ1v) is 8.70. The molecule has 0 aromatic heterocycles. The average Bonchev–Trinajstić information content (AvgIpc) is 2.70. The fraction of sp³-hybridized carbons (Fsp3) is 0.684. The molecule has 2 unspecified atom stereocenters. The number of fused-ring (bicyclic) bond motifs is 1. The standard InChI is InChI=1S/C19H30N2/c1-16-5-4-10-19(13-16,14-20)15-21-11-8-17-6-2-3-7-18(17)9-12-21/h2-3,6-7,16H,4-5,8-15,20H2,1H3. The molecule has 2 aliphatic rings. The number of hydrogen-bond donors (Lipinski definition) is 1. The second-order valence-corrected chi connectivity index (χ2v) is 7.45. The van der Waals surface area contributed by atoms with Crippen LogP contribution >= 0.6 is 0 Å². The summed E-state index contributed by atoms with van der Waals surface area (Å²) in [4.78, 5) is 2.69. The van der Waals surface area contributed by atoms with E-state index >= 15 is 0 Å². The van der Waals surface area contributed by atoms with E-state index < -0.39 is 0 Å². The predicted octanol–water partition coefficient (Wildman–Crippen LogP) is 3.24. The summed E-state index contributed by atoms with van der Waals surface area (Å²) in [7, 11) is 0. The van der Waals surface area contributed by atoms with Crippen LogP contribution in [-0.4, -0.2) is 31.1 Å². The Morgan fingerprint density at radius 1 is 1.19 bits per heavy atom. The van der Waals surface area contributed by atoms with Gasteiger partial charge in [0.15, 0.2) is 0 Å². The van der Waals surface area contributed by atoms with Crippen LogP contribution in [0.1, 0.15) is 43.7 Å². The zero-order valence-corrected chi connectivity index (χ0v) is 13.5. The smallest absolute Gasteiger partial charge is 0.00504 e. The number of rotatable bonds is 3. The van der Waals surface area contributed by atoms with Crippen LogP contribution in [0.2, 0.25) is 0 Å². The zero-order valence-electron chi connectivity index (χ0n) is 13.5. The molecular weight excluding hydrogens is 256 g/mol. The number of benzene rings is 1. The summed E-state index contributed by atoms with van der Waals surface area (Å²) in [5, 5.41) is 0. The molecular formula is C19H30N2. The maximum absolute atomic E-state index is 6.21. The molecule has 1 fully saturated rings. The molecule has 2 heteroatoms. The molecule has 3 rings (SSSR count). The van der Waals surface area contributed by atoms with Crippen molar-refractivity contribution in [2.45, 2.75) is 45.4 Å². The van der Waals surface area contributed by atoms with Crippen molar-refractivity contribution in [3.05, 3.63) is 35.4 Å².